The fourth-order valence-electron chi connectivity index (χ4n) is 2.06. The van der Waals surface area contributed by atoms with Gasteiger partial charge < -0.3 is 14.2 Å². The Morgan fingerprint density at radius 1 is 1.23 bits per heavy atom. The molecule has 0 aliphatic heterocycles. The fraction of sp³-hybridized carbons (Fsp3) is 0.0588. The van der Waals surface area contributed by atoms with Crippen LogP contribution in [0.3, 0.4) is 0 Å². The van der Waals surface area contributed by atoms with E-state index < -0.39 is 5.97 Å². The van der Waals surface area contributed by atoms with Gasteiger partial charge in [-0.2, -0.15) is 0 Å². The van der Waals surface area contributed by atoms with Crippen molar-refractivity contribution in [1.29, 1.82) is 0 Å². The van der Waals surface area contributed by atoms with Gasteiger partial charge in [0.1, 0.15) is 18.0 Å². The van der Waals surface area contributed by atoms with Gasteiger partial charge in [0.2, 0.25) is 0 Å². The van der Waals surface area contributed by atoms with E-state index in [1.807, 2.05) is 35.0 Å². The van der Waals surface area contributed by atoms with Gasteiger partial charge >= 0.3 is 5.97 Å². The summed E-state index contributed by atoms with van der Waals surface area (Å²) in [6, 6.07) is 13.0. The lowest BCUT2D eigenvalue weighted by Gasteiger charge is -2.04. The van der Waals surface area contributed by atoms with Crippen molar-refractivity contribution < 1.29 is 14.6 Å². The molecule has 3 rings (SSSR count). The van der Waals surface area contributed by atoms with Crippen LogP contribution in [0, 0.1) is 0 Å². The smallest absolute Gasteiger partial charge is 0.328 e. The van der Waals surface area contributed by atoms with Gasteiger partial charge in [-0.25, -0.2) is 9.78 Å². The van der Waals surface area contributed by atoms with Crippen LogP contribution in [-0.4, -0.2) is 20.5 Å². The molecule has 1 N–H and O–H groups in total. The molecule has 0 aliphatic carbocycles. The van der Waals surface area contributed by atoms with Crippen LogP contribution in [0.25, 0.3) is 11.7 Å². The summed E-state index contributed by atoms with van der Waals surface area (Å²) in [6.45, 7) is 0.381. The van der Waals surface area contributed by atoms with Gasteiger partial charge in [-0.1, -0.05) is 18.2 Å². The van der Waals surface area contributed by atoms with E-state index in [1.165, 1.54) is 6.08 Å². The first kappa shape index (κ1) is 13.9. The summed E-state index contributed by atoms with van der Waals surface area (Å²) in [6.07, 6.45) is 6.51. The van der Waals surface area contributed by atoms with Gasteiger partial charge in [-0.15, -0.1) is 0 Å². The molecule has 0 saturated carbocycles. The standard InChI is InChI=1S/C17H14N2O3/c20-17(21)9-6-13-4-7-15(8-5-13)22-12-14-11-19-10-2-1-3-16(19)18-14/h1-11H,12H2,(H,20,21)/b9-6-. The molecule has 0 spiro atoms. The summed E-state index contributed by atoms with van der Waals surface area (Å²) < 4.78 is 7.63. The van der Waals surface area contributed by atoms with E-state index in [2.05, 4.69) is 4.98 Å². The van der Waals surface area contributed by atoms with Crippen LogP contribution in [0.5, 0.6) is 5.75 Å². The van der Waals surface area contributed by atoms with E-state index in [-0.39, 0.29) is 0 Å². The van der Waals surface area contributed by atoms with Crippen LogP contribution in [0.2, 0.25) is 0 Å². The number of imidazole rings is 1. The van der Waals surface area contributed by atoms with E-state index in [9.17, 15) is 4.79 Å². The van der Waals surface area contributed by atoms with Crippen LogP contribution >= 0.6 is 0 Å². The third-order valence-corrected chi connectivity index (χ3v) is 3.10. The molecule has 2 aromatic heterocycles. The van der Waals surface area contributed by atoms with Crippen molar-refractivity contribution >= 4 is 17.7 Å². The maximum absolute atomic E-state index is 10.5. The molecular formula is C17H14N2O3. The predicted octanol–water partition coefficient (Wildman–Crippen LogP) is 3.01. The molecule has 22 heavy (non-hydrogen) atoms. The Morgan fingerprint density at radius 2 is 2.05 bits per heavy atom. The first-order valence-corrected chi connectivity index (χ1v) is 6.77. The zero-order valence-corrected chi connectivity index (χ0v) is 11.7. The number of carbonyl (C=O) groups is 1. The predicted molar refractivity (Wildman–Crippen MR) is 82.6 cm³/mol. The minimum absolute atomic E-state index is 0.381. The molecule has 0 aliphatic rings. The lowest BCUT2D eigenvalue weighted by molar-refractivity contribution is -0.131. The lowest BCUT2D eigenvalue weighted by atomic mass is 10.2. The number of fused-ring (bicyclic) bond motifs is 1. The summed E-state index contributed by atoms with van der Waals surface area (Å²) in [5, 5.41) is 8.58. The lowest BCUT2D eigenvalue weighted by Crippen LogP contribution is -1.95. The largest absolute Gasteiger partial charge is 0.487 e. The number of ether oxygens (including phenoxy) is 1. The Hall–Kier alpha value is -3.08. The van der Waals surface area contributed by atoms with Gasteiger partial charge in [-0.3, -0.25) is 0 Å². The normalized spacial score (nSPS) is 11.1. The van der Waals surface area contributed by atoms with Gasteiger partial charge in [0.15, 0.2) is 0 Å². The van der Waals surface area contributed by atoms with E-state index in [0.29, 0.717) is 12.4 Å². The molecule has 0 amide bonds. The number of pyridine rings is 1. The Bertz CT molecular complexity index is 786. The van der Waals surface area contributed by atoms with Gasteiger partial charge in [0, 0.05) is 18.5 Å². The van der Waals surface area contributed by atoms with Crippen molar-refractivity contribution in [2.24, 2.45) is 0 Å². The van der Waals surface area contributed by atoms with Crippen molar-refractivity contribution in [3.63, 3.8) is 0 Å². The minimum atomic E-state index is -0.966. The first-order chi connectivity index (χ1) is 10.7. The summed E-state index contributed by atoms with van der Waals surface area (Å²) >= 11 is 0. The topological polar surface area (TPSA) is 63.8 Å². The molecular weight excluding hydrogens is 280 g/mol. The number of aromatic nitrogens is 2. The van der Waals surface area contributed by atoms with Gasteiger partial charge in [0.25, 0.3) is 0 Å². The third kappa shape index (κ3) is 3.32. The van der Waals surface area contributed by atoms with Crippen molar-refractivity contribution in [1.82, 2.24) is 9.38 Å². The SMILES string of the molecule is O=C(O)/C=C\c1ccc(OCc2cn3ccccc3n2)cc1. The molecule has 1 aromatic carbocycles. The molecule has 0 saturated heterocycles. The summed E-state index contributed by atoms with van der Waals surface area (Å²) in [5.74, 6) is -0.253. The number of hydrogen-bond acceptors (Lipinski definition) is 3. The van der Waals surface area contributed by atoms with E-state index in [1.54, 1.807) is 24.3 Å². The molecule has 0 unspecified atom stereocenters. The average molecular weight is 294 g/mol. The molecule has 0 bridgehead atoms. The Kier molecular flexibility index (Phi) is 3.87. The number of hydrogen-bond donors (Lipinski definition) is 1. The molecule has 0 radical (unpaired) electrons. The van der Waals surface area contributed by atoms with Crippen LogP contribution in [0.15, 0.2) is 60.9 Å². The average Bonchev–Trinajstić information content (AvgIpc) is 2.95. The minimum Gasteiger partial charge on any atom is -0.487 e. The monoisotopic (exact) mass is 294 g/mol. The van der Waals surface area contributed by atoms with Crippen molar-refractivity contribution in [2.45, 2.75) is 6.61 Å². The zero-order valence-electron chi connectivity index (χ0n) is 11.7. The highest BCUT2D eigenvalue weighted by atomic mass is 16.5. The Balaban J connectivity index is 1.64. The molecule has 0 fully saturated rings. The number of carboxylic acids is 1. The van der Waals surface area contributed by atoms with Gasteiger partial charge in [-0.05, 0) is 35.9 Å². The van der Waals surface area contributed by atoms with Crippen LogP contribution in [0.1, 0.15) is 11.3 Å². The highest BCUT2D eigenvalue weighted by Crippen LogP contribution is 2.15. The molecule has 110 valence electrons. The van der Waals surface area contributed by atoms with E-state index >= 15 is 0 Å². The third-order valence-electron chi connectivity index (χ3n) is 3.10. The number of rotatable bonds is 5. The van der Waals surface area contributed by atoms with Crippen LogP contribution in [0.4, 0.5) is 0 Å². The highest BCUT2D eigenvalue weighted by molar-refractivity contribution is 5.85. The number of aliphatic carboxylic acids is 1. The zero-order chi connectivity index (χ0) is 15.4. The van der Waals surface area contributed by atoms with E-state index in [4.69, 9.17) is 9.84 Å². The van der Waals surface area contributed by atoms with E-state index in [0.717, 1.165) is 23.0 Å². The molecule has 0 atom stereocenters. The summed E-state index contributed by atoms with van der Waals surface area (Å²) in [7, 11) is 0. The second kappa shape index (κ2) is 6.13. The number of benzene rings is 1. The van der Waals surface area contributed by atoms with Crippen molar-refractivity contribution in [2.75, 3.05) is 0 Å². The quantitative estimate of drug-likeness (QED) is 0.735. The van der Waals surface area contributed by atoms with Crippen molar-refractivity contribution in [3.05, 3.63) is 72.2 Å². The van der Waals surface area contributed by atoms with Crippen LogP contribution < -0.4 is 4.74 Å². The molecule has 3 aromatic rings. The second-order valence-corrected chi connectivity index (χ2v) is 4.73. The van der Waals surface area contributed by atoms with Crippen molar-refractivity contribution in [3.8, 4) is 5.75 Å². The van der Waals surface area contributed by atoms with Crippen LogP contribution in [-0.2, 0) is 11.4 Å². The summed E-state index contributed by atoms with van der Waals surface area (Å²) in [5.41, 5.74) is 2.54. The highest BCUT2D eigenvalue weighted by Gasteiger charge is 2.02. The van der Waals surface area contributed by atoms with Gasteiger partial charge in [0.05, 0.1) is 5.69 Å². The number of carboxylic acid groups (broad SMARTS) is 1. The maximum Gasteiger partial charge on any atom is 0.328 e. The molecule has 5 heteroatoms. The number of nitrogens with zero attached hydrogens (tertiary/aromatic N) is 2. The Morgan fingerprint density at radius 3 is 2.77 bits per heavy atom. The first-order valence-electron chi connectivity index (χ1n) is 6.77. The molecule has 5 nitrogen and oxygen atoms in total. The Labute approximate surface area is 127 Å². The fourth-order valence-corrected chi connectivity index (χ4v) is 2.06. The summed E-state index contributed by atoms with van der Waals surface area (Å²) in [4.78, 5) is 14.9. The molecule has 2 heterocycles. The maximum atomic E-state index is 10.5. The second-order valence-electron chi connectivity index (χ2n) is 4.73.